The van der Waals surface area contributed by atoms with Gasteiger partial charge in [0.1, 0.15) is 5.75 Å². The maximum atomic E-state index is 12.1. The second-order valence-electron chi connectivity index (χ2n) is 3.69. The first-order valence-corrected chi connectivity index (χ1v) is 5.86. The number of benzene rings is 1. The molecule has 0 unspecified atom stereocenters. The van der Waals surface area contributed by atoms with Gasteiger partial charge in [-0.15, -0.1) is 11.3 Å². The Bertz CT molecular complexity index is 527. The fraction of sp³-hybridized carbons (Fsp3) is 0.154. The molecular formula is C13H12O2S. The predicted molar refractivity (Wildman–Crippen MR) is 65.3 cm³/mol. The zero-order valence-electron chi connectivity index (χ0n) is 9.15. The molecule has 2 nitrogen and oxygen atoms in total. The van der Waals surface area contributed by atoms with Crippen LogP contribution >= 0.6 is 11.3 Å². The molecule has 1 aromatic heterocycles. The summed E-state index contributed by atoms with van der Waals surface area (Å²) in [7, 11) is 0. The molecule has 0 saturated carbocycles. The number of ketones is 1. The average molecular weight is 232 g/mol. The number of carbonyl (C=O) groups excluding carboxylic acids is 1. The van der Waals surface area contributed by atoms with Crippen LogP contribution in [0.1, 0.15) is 26.4 Å². The first-order valence-electron chi connectivity index (χ1n) is 4.98. The van der Waals surface area contributed by atoms with E-state index >= 15 is 0 Å². The molecule has 0 bridgehead atoms. The van der Waals surface area contributed by atoms with Crippen LogP contribution in [0.25, 0.3) is 0 Å². The molecule has 82 valence electrons. The van der Waals surface area contributed by atoms with Crippen LogP contribution in [-0.4, -0.2) is 10.9 Å². The van der Waals surface area contributed by atoms with E-state index in [-0.39, 0.29) is 11.5 Å². The lowest BCUT2D eigenvalue weighted by molar-refractivity contribution is 0.104. The van der Waals surface area contributed by atoms with Crippen molar-refractivity contribution in [2.75, 3.05) is 0 Å². The largest absolute Gasteiger partial charge is 0.508 e. The van der Waals surface area contributed by atoms with Crippen molar-refractivity contribution in [2.45, 2.75) is 13.8 Å². The van der Waals surface area contributed by atoms with Gasteiger partial charge < -0.3 is 5.11 Å². The van der Waals surface area contributed by atoms with Crippen LogP contribution in [0.2, 0.25) is 0 Å². The number of phenolic OH excluding ortho intramolecular Hbond substituents is 1. The van der Waals surface area contributed by atoms with Crippen molar-refractivity contribution < 1.29 is 9.90 Å². The SMILES string of the molecule is Cc1c(O)ccc(C(=O)c2cccs2)c1C. The van der Waals surface area contributed by atoms with E-state index in [2.05, 4.69) is 0 Å². The topological polar surface area (TPSA) is 37.3 Å². The summed E-state index contributed by atoms with van der Waals surface area (Å²) in [6, 6.07) is 6.93. The van der Waals surface area contributed by atoms with Crippen LogP contribution in [0, 0.1) is 13.8 Å². The van der Waals surface area contributed by atoms with E-state index in [4.69, 9.17) is 0 Å². The van der Waals surface area contributed by atoms with Crippen molar-refractivity contribution in [1.82, 2.24) is 0 Å². The van der Waals surface area contributed by atoms with Gasteiger partial charge in [-0.2, -0.15) is 0 Å². The molecule has 0 spiro atoms. The summed E-state index contributed by atoms with van der Waals surface area (Å²) in [6.07, 6.45) is 0. The Hall–Kier alpha value is -1.61. The van der Waals surface area contributed by atoms with E-state index in [1.165, 1.54) is 11.3 Å². The Morgan fingerprint density at radius 3 is 2.56 bits per heavy atom. The molecule has 2 aromatic rings. The number of phenols is 1. The molecule has 0 aliphatic carbocycles. The van der Waals surface area contributed by atoms with Crippen molar-refractivity contribution in [2.24, 2.45) is 0 Å². The Kier molecular flexibility index (Phi) is 2.79. The molecule has 1 N–H and O–H groups in total. The van der Waals surface area contributed by atoms with E-state index in [1.54, 1.807) is 12.1 Å². The van der Waals surface area contributed by atoms with Gasteiger partial charge in [0.15, 0.2) is 0 Å². The third-order valence-electron chi connectivity index (χ3n) is 2.75. The van der Waals surface area contributed by atoms with Crippen LogP contribution in [0.3, 0.4) is 0 Å². The zero-order valence-corrected chi connectivity index (χ0v) is 9.97. The zero-order chi connectivity index (χ0) is 11.7. The summed E-state index contributed by atoms with van der Waals surface area (Å²) >= 11 is 1.43. The molecule has 0 amide bonds. The molecule has 1 aromatic carbocycles. The lowest BCUT2D eigenvalue weighted by Gasteiger charge is -2.08. The van der Waals surface area contributed by atoms with Crippen molar-refractivity contribution in [3.63, 3.8) is 0 Å². The van der Waals surface area contributed by atoms with E-state index < -0.39 is 0 Å². The van der Waals surface area contributed by atoms with E-state index in [1.807, 2.05) is 31.4 Å². The number of thiophene rings is 1. The highest BCUT2D eigenvalue weighted by Crippen LogP contribution is 2.25. The van der Waals surface area contributed by atoms with Gasteiger partial charge in [-0.05, 0) is 48.6 Å². The van der Waals surface area contributed by atoms with Gasteiger partial charge >= 0.3 is 0 Å². The number of rotatable bonds is 2. The van der Waals surface area contributed by atoms with Crippen molar-refractivity contribution in [1.29, 1.82) is 0 Å². The molecule has 1 heterocycles. The van der Waals surface area contributed by atoms with Crippen molar-refractivity contribution in [3.05, 3.63) is 51.2 Å². The third kappa shape index (κ3) is 1.74. The van der Waals surface area contributed by atoms with Crippen LogP contribution in [0.15, 0.2) is 29.6 Å². The Labute approximate surface area is 98.2 Å². The monoisotopic (exact) mass is 232 g/mol. The molecule has 0 radical (unpaired) electrons. The quantitative estimate of drug-likeness (QED) is 0.807. The van der Waals surface area contributed by atoms with E-state index in [0.717, 1.165) is 16.0 Å². The maximum Gasteiger partial charge on any atom is 0.203 e. The fourth-order valence-electron chi connectivity index (χ4n) is 1.59. The summed E-state index contributed by atoms with van der Waals surface area (Å²) in [5, 5.41) is 11.4. The fourth-order valence-corrected chi connectivity index (χ4v) is 2.27. The Morgan fingerprint density at radius 2 is 1.94 bits per heavy atom. The maximum absolute atomic E-state index is 12.1. The molecule has 2 rings (SSSR count). The number of carbonyl (C=O) groups is 1. The molecule has 0 atom stereocenters. The van der Waals surface area contributed by atoms with E-state index in [0.29, 0.717) is 5.56 Å². The number of hydrogen-bond acceptors (Lipinski definition) is 3. The molecule has 3 heteroatoms. The smallest absolute Gasteiger partial charge is 0.203 e. The molecule has 0 saturated heterocycles. The standard InChI is InChI=1S/C13H12O2S/c1-8-9(2)11(14)6-5-10(8)13(15)12-4-3-7-16-12/h3-7,14H,1-2H3. The molecule has 0 aliphatic rings. The minimum Gasteiger partial charge on any atom is -0.508 e. The second-order valence-corrected chi connectivity index (χ2v) is 4.64. The predicted octanol–water partition coefficient (Wildman–Crippen LogP) is 3.30. The average Bonchev–Trinajstić information content (AvgIpc) is 2.79. The Balaban J connectivity index is 2.50. The van der Waals surface area contributed by atoms with Crippen LogP contribution < -0.4 is 0 Å². The van der Waals surface area contributed by atoms with Gasteiger partial charge in [-0.3, -0.25) is 4.79 Å². The summed E-state index contributed by atoms with van der Waals surface area (Å²) < 4.78 is 0. The molecular weight excluding hydrogens is 220 g/mol. The highest BCUT2D eigenvalue weighted by atomic mass is 32.1. The normalized spacial score (nSPS) is 10.4. The highest BCUT2D eigenvalue weighted by Gasteiger charge is 2.14. The number of aromatic hydroxyl groups is 1. The van der Waals surface area contributed by atoms with Gasteiger partial charge in [-0.1, -0.05) is 6.07 Å². The Morgan fingerprint density at radius 1 is 1.19 bits per heavy atom. The minimum absolute atomic E-state index is 0.0237. The van der Waals surface area contributed by atoms with Gasteiger partial charge in [-0.25, -0.2) is 0 Å². The highest BCUT2D eigenvalue weighted by molar-refractivity contribution is 7.12. The van der Waals surface area contributed by atoms with Gasteiger partial charge in [0.25, 0.3) is 0 Å². The van der Waals surface area contributed by atoms with Crippen molar-refractivity contribution in [3.8, 4) is 5.75 Å². The van der Waals surface area contributed by atoms with Gasteiger partial charge in [0, 0.05) is 5.56 Å². The summed E-state index contributed by atoms with van der Waals surface area (Å²) in [4.78, 5) is 12.9. The minimum atomic E-state index is 0.0237. The second kappa shape index (κ2) is 4.10. The summed E-state index contributed by atoms with van der Waals surface area (Å²) in [5.74, 6) is 0.260. The van der Waals surface area contributed by atoms with Crippen LogP contribution in [0.4, 0.5) is 0 Å². The lowest BCUT2D eigenvalue weighted by Crippen LogP contribution is -2.02. The summed E-state index contributed by atoms with van der Waals surface area (Å²) in [6.45, 7) is 3.67. The summed E-state index contributed by atoms with van der Waals surface area (Å²) in [5.41, 5.74) is 2.28. The first kappa shape index (κ1) is 10.9. The lowest BCUT2D eigenvalue weighted by atomic mass is 9.99. The van der Waals surface area contributed by atoms with Crippen LogP contribution in [0.5, 0.6) is 5.75 Å². The van der Waals surface area contributed by atoms with Crippen molar-refractivity contribution >= 4 is 17.1 Å². The first-order chi connectivity index (χ1) is 7.61. The van der Waals surface area contributed by atoms with Gasteiger partial charge in [0.05, 0.1) is 4.88 Å². The third-order valence-corrected chi connectivity index (χ3v) is 3.62. The van der Waals surface area contributed by atoms with E-state index in [9.17, 15) is 9.90 Å². The number of hydrogen-bond donors (Lipinski definition) is 1. The van der Waals surface area contributed by atoms with Gasteiger partial charge in [0.2, 0.25) is 5.78 Å². The molecule has 16 heavy (non-hydrogen) atoms. The molecule has 0 aliphatic heterocycles. The van der Waals surface area contributed by atoms with Crippen LogP contribution in [-0.2, 0) is 0 Å². The molecule has 0 fully saturated rings.